The van der Waals surface area contributed by atoms with Gasteiger partial charge in [0.05, 0.1) is 0 Å². The number of benzene rings is 2. The Balaban J connectivity index is 1.50. The summed E-state index contributed by atoms with van der Waals surface area (Å²) in [4.78, 5) is 43.3. The second-order valence-corrected chi connectivity index (χ2v) is 7.85. The van der Waals surface area contributed by atoms with Crippen molar-refractivity contribution in [2.45, 2.75) is 25.7 Å². The van der Waals surface area contributed by atoms with Crippen molar-refractivity contribution in [1.82, 2.24) is 20.8 Å². The number of unbranched alkanes of at least 4 members (excludes halogenated alkanes) is 2. The molecular formula is C26H28N6O5. The first kappa shape index (κ1) is 26.8. The van der Waals surface area contributed by atoms with Gasteiger partial charge in [0.15, 0.2) is 0 Å². The Morgan fingerprint density at radius 1 is 1.00 bits per heavy atom. The largest absolute Gasteiger partial charge is 0.439 e. The van der Waals surface area contributed by atoms with Crippen molar-refractivity contribution in [3.8, 4) is 11.6 Å². The van der Waals surface area contributed by atoms with E-state index in [0.29, 0.717) is 47.5 Å². The van der Waals surface area contributed by atoms with Gasteiger partial charge in [0, 0.05) is 48.2 Å². The van der Waals surface area contributed by atoms with Crippen LogP contribution in [-0.4, -0.2) is 39.4 Å². The molecule has 37 heavy (non-hydrogen) atoms. The first-order valence-corrected chi connectivity index (χ1v) is 11.6. The monoisotopic (exact) mass is 504 g/mol. The summed E-state index contributed by atoms with van der Waals surface area (Å²) >= 11 is 0. The van der Waals surface area contributed by atoms with Gasteiger partial charge in [-0.2, -0.15) is 4.98 Å². The van der Waals surface area contributed by atoms with Gasteiger partial charge in [-0.25, -0.2) is 10.5 Å². The molecule has 0 unspecified atom stereocenters. The number of nitrogens with one attached hydrogen (secondary N) is 4. The van der Waals surface area contributed by atoms with Crippen LogP contribution in [0.5, 0.6) is 11.6 Å². The number of nitrogens with zero attached hydrogens (tertiary/aromatic N) is 2. The molecule has 3 aromatic rings. The lowest BCUT2D eigenvalue weighted by Gasteiger charge is -2.10. The minimum Gasteiger partial charge on any atom is -0.439 e. The van der Waals surface area contributed by atoms with Gasteiger partial charge in [0.25, 0.3) is 5.91 Å². The van der Waals surface area contributed by atoms with E-state index in [2.05, 4.69) is 32.5 Å². The van der Waals surface area contributed by atoms with Crippen LogP contribution in [0.3, 0.4) is 0 Å². The van der Waals surface area contributed by atoms with Crippen molar-refractivity contribution in [3.05, 3.63) is 79.0 Å². The van der Waals surface area contributed by atoms with Crippen LogP contribution < -0.4 is 26.2 Å². The van der Waals surface area contributed by atoms with Gasteiger partial charge in [-0.1, -0.05) is 19.1 Å². The first-order chi connectivity index (χ1) is 18.0. The van der Waals surface area contributed by atoms with Crippen LogP contribution in [0, 0.1) is 0 Å². The predicted octanol–water partition coefficient (Wildman–Crippen LogP) is 3.93. The molecule has 0 radical (unpaired) electrons. The highest BCUT2D eigenvalue weighted by Gasteiger charge is 2.07. The summed E-state index contributed by atoms with van der Waals surface area (Å²) in [5.74, 6) is 0.160. The van der Waals surface area contributed by atoms with Crippen molar-refractivity contribution in [2.24, 2.45) is 0 Å². The molecule has 0 fully saturated rings. The molecule has 192 valence electrons. The number of aromatic nitrogens is 2. The number of carbonyl (C=O) groups is 3. The highest BCUT2D eigenvalue weighted by molar-refractivity contribution is 5.99. The normalized spacial score (nSPS) is 10.2. The number of hydrogen-bond acceptors (Lipinski definition) is 8. The fourth-order valence-electron chi connectivity index (χ4n) is 3.19. The Bertz CT molecular complexity index is 1230. The predicted molar refractivity (Wildman–Crippen MR) is 138 cm³/mol. The lowest BCUT2D eigenvalue weighted by Crippen LogP contribution is -2.24. The summed E-state index contributed by atoms with van der Waals surface area (Å²) < 4.78 is 5.79. The number of amides is 3. The third-order valence-electron chi connectivity index (χ3n) is 5.03. The highest BCUT2D eigenvalue weighted by atomic mass is 16.5. The van der Waals surface area contributed by atoms with Crippen LogP contribution in [0.2, 0.25) is 0 Å². The fourth-order valence-corrected chi connectivity index (χ4v) is 3.19. The molecule has 1 heterocycles. The minimum absolute atomic E-state index is 0.196. The zero-order chi connectivity index (χ0) is 26.5. The van der Waals surface area contributed by atoms with E-state index in [4.69, 9.17) is 9.94 Å². The van der Waals surface area contributed by atoms with Gasteiger partial charge in [-0.15, -0.1) is 0 Å². The minimum atomic E-state index is -0.414. The van der Waals surface area contributed by atoms with Crippen molar-refractivity contribution in [1.29, 1.82) is 0 Å². The average molecular weight is 505 g/mol. The Labute approximate surface area is 213 Å². The molecule has 11 heteroatoms. The molecule has 11 nitrogen and oxygen atoms in total. The van der Waals surface area contributed by atoms with E-state index in [0.717, 1.165) is 12.8 Å². The van der Waals surface area contributed by atoms with Gasteiger partial charge in [-0.3, -0.25) is 19.6 Å². The van der Waals surface area contributed by atoms with E-state index < -0.39 is 5.91 Å². The standard InChI is InChI=1S/C26H28N6O5/c1-2-22(33)29-20-7-6-8-21(17-20)37-24-14-16-28-26(31-24)30-19-12-10-18(11-13-19)25(35)27-15-5-3-4-9-23(34)32-36/h2,6-8,10-14,16-17,36H,1,3-5,9,15H2,(H,27,35)(H,29,33)(H,32,34)(H,28,30,31). The molecular weight excluding hydrogens is 476 g/mol. The van der Waals surface area contributed by atoms with Crippen LogP contribution in [0.15, 0.2) is 73.4 Å². The van der Waals surface area contributed by atoms with Crippen LogP contribution in [0.1, 0.15) is 36.0 Å². The molecule has 3 amide bonds. The maximum atomic E-state index is 12.3. The molecule has 0 aliphatic heterocycles. The summed E-state index contributed by atoms with van der Waals surface area (Å²) in [6.07, 6.45) is 5.11. The van der Waals surface area contributed by atoms with Gasteiger partial charge < -0.3 is 20.7 Å². The Kier molecular flexibility index (Phi) is 10.1. The summed E-state index contributed by atoms with van der Waals surface area (Å²) in [6.45, 7) is 3.92. The second kappa shape index (κ2) is 14.0. The molecule has 0 saturated heterocycles. The second-order valence-electron chi connectivity index (χ2n) is 7.85. The molecule has 0 spiro atoms. The van der Waals surface area contributed by atoms with E-state index in [1.165, 1.54) is 6.08 Å². The number of hydroxylamine groups is 1. The maximum absolute atomic E-state index is 12.3. The number of anilines is 3. The molecule has 0 saturated carbocycles. The molecule has 2 aromatic carbocycles. The number of hydrogen-bond donors (Lipinski definition) is 5. The van der Waals surface area contributed by atoms with Crippen LogP contribution in [0.25, 0.3) is 0 Å². The average Bonchev–Trinajstić information content (AvgIpc) is 2.91. The van der Waals surface area contributed by atoms with Crippen molar-refractivity contribution in [3.63, 3.8) is 0 Å². The first-order valence-electron chi connectivity index (χ1n) is 11.6. The van der Waals surface area contributed by atoms with Gasteiger partial charge in [0.1, 0.15) is 5.75 Å². The Hall–Kier alpha value is -4.77. The van der Waals surface area contributed by atoms with Crippen LogP contribution in [0.4, 0.5) is 17.3 Å². The molecule has 0 aliphatic rings. The molecule has 0 bridgehead atoms. The van der Waals surface area contributed by atoms with E-state index in [9.17, 15) is 14.4 Å². The Morgan fingerprint density at radius 2 is 1.81 bits per heavy atom. The molecule has 1 aromatic heterocycles. The number of carbonyl (C=O) groups excluding carboxylic acids is 3. The fraction of sp³-hybridized carbons (Fsp3) is 0.192. The molecule has 0 aliphatic carbocycles. The summed E-state index contributed by atoms with van der Waals surface area (Å²) in [6, 6.07) is 15.3. The van der Waals surface area contributed by atoms with Crippen molar-refractivity contribution in [2.75, 3.05) is 17.2 Å². The van der Waals surface area contributed by atoms with Crippen LogP contribution >= 0.6 is 0 Å². The third-order valence-corrected chi connectivity index (χ3v) is 5.03. The lowest BCUT2D eigenvalue weighted by atomic mass is 10.1. The van der Waals surface area contributed by atoms with E-state index in [1.807, 2.05) is 0 Å². The maximum Gasteiger partial charge on any atom is 0.251 e. The quantitative estimate of drug-likeness (QED) is 0.101. The Morgan fingerprint density at radius 3 is 2.57 bits per heavy atom. The van der Waals surface area contributed by atoms with Gasteiger partial charge >= 0.3 is 0 Å². The molecule has 3 rings (SSSR count). The lowest BCUT2D eigenvalue weighted by molar-refractivity contribution is -0.129. The van der Waals surface area contributed by atoms with E-state index >= 15 is 0 Å². The van der Waals surface area contributed by atoms with E-state index in [-0.39, 0.29) is 18.2 Å². The summed E-state index contributed by atoms with van der Waals surface area (Å²) in [5, 5.41) is 17.0. The van der Waals surface area contributed by atoms with Crippen molar-refractivity contribution >= 4 is 35.0 Å². The zero-order valence-corrected chi connectivity index (χ0v) is 20.1. The molecule has 0 atom stereocenters. The summed E-state index contributed by atoms with van der Waals surface area (Å²) in [5.41, 5.74) is 3.35. The van der Waals surface area contributed by atoms with Gasteiger partial charge in [0.2, 0.25) is 23.6 Å². The topological polar surface area (TPSA) is 155 Å². The smallest absolute Gasteiger partial charge is 0.251 e. The van der Waals surface area contributed by atoms with Crippen molar-refractivity contribution < 1.29 is 24.3 Å². The highest BCUT2D eigenvalue weighted by Crippen LogP contribution is 2.24. The van der Waals surface area contributed by atoms with Gasteiger partial charge in [-0.05, 0) is 55.3 Å². The zero-order valence-electron chi connectivity index (χ0n) is 20.1. The molecule has 5 N–H and O–H groups in total. The van der Waals surface area contributed by atoms with E-state index in [1.54, 1.807) is 66.3 Å². The number of rotatable bonds is 13. The van der Waals surface area contributed by atoms with Crippen LogP contribution in [-0.2, 0) is 9.59 Å². The summed E-state index contributed by atoms with van der Waals surface area (Å²) in [7, 11) is 0. The SMILES string of the molecule is C=CC(=O)Nc1cccc(Oc2ccnc(Nc3ccc(C(=O)NCCCCCC(=O)NO)cc3)n2)c1. The number of ether oxygens (including phenoxy) is 1. The third kappa shape index (κ3) is 9.07.